The zero-order valence-corrected chi connectivity index (χ0v) is 15.9. The van der Waals surface area contributed by atoms with Crippen molar-refractivity contribution in [2.24, 2.45) is 0 Å². The van der Waals surface area contributed by atoms with Crippen LogP contribution in [0.1, 0.15) is 10.5 Å². The minimum Gasteiger partial charge on any atom is -0.464 e. The van der Waals surface area contributed by atoms with E-state index < -0.39 is 17.8 Å². The van der Waals surface area contributed by atoms with Gasteiger partial charge >= 0.3 is 5.97 Å². The number of amides is 2. The van der Waals surface area contributed by atoms with Gasteiger partial charge in [0.2, 0.25) is 0 Å². The minimum atomic E-state index is -0.801. The normalized spacial score (nSPS) is 9.52. The van der Waals surface area contributed by atoms with Crippen LogP contribution in [0.15, 0.2) is 54.2 Å². The molecule has 0 atom stereocenters. The highest BCUT2D eigenvalue weighted by molar-refractivity contribution is 7.13. The average Bonchev–Trinajstić information content (AvgIpc) is 3.11. The predicted molar refractivity (Wildman–Crippen MR) is 105 cm³/mol. The fraction of sp³-hybridized carbons (Fsp3) is 0.0588. The molecule has 27 heavy (non-hydrogen) atoms. The topological polar surface area (TPSA) is 123 Å². The van der Waals surface area contributed by atoms with Crippen molar-refractivity contribution in [1.29, 1.82) is 0 Å². The van der Waals surface area contributed by atoms with Crippen molar-refractivity contribution in [2.45, 2.75) is 0 Å². The Labute approximate surface area is 165 Å². The number of methoxy groups -OCH3 is 1. The number of rotatable bonds is 6. The zero-order chi connectivity index (χ0) is 19.3. The van der Waals surface area contributed by atoms with E-state index in [0.717, 1.165) is 12.7 Å². The third kappa shape index (κ3) is 5.66. The number of carbonyl (C=O) groups excluding carboxylic acids is 3. The molecule has 0 spiro atoms. The second kappa shape index (κ2) is 9.51. The summed E-state index contributed by atoms with van der Waals surface area (Å²) in [6, 6.07) is 7.05. The molecule has 0 radical (unpaired) electrons. The fourth-order valence-electron chi connectivity index (χ4n) is 1.78. The lowest BCUT2D eigenvalue weighted by molar-refractivity contribution is -0.137. The lowest BCUT2D eigenvalue weighted by Gasteiger charge is -2.09. The summed E-state index contributed by atoms with van der Waals surface area (Å²) in [7, 11) is 1.15. The van der Waals surface area contributed by atoms with Gasteiger partial charge in [-0.3, -0.25) is 9.59 Å². The Morgan fingerprint density at radius 1 is 1.11 bits per heavy atom. The summed E-state index contributed by atoms with van der Waals surface area (Å²) in [5.41, 5.74) is 6.67. The Hall–Kier alpha value is -3.17. The number of thiazole rings is 1. The largest absolute Gasteiger partial charge is 0.464 e. The average molecular weight is 409 g/mol. The van der Waals surface area contributed by atoms with Gasteiger partial charge in [0.1, 0.15) is 16.4 Å². The van der Waals surface area contributed by atoms with Crippen molar-refractivity contribution in [3.8, 4) is 10.6 Å². The quantitative estimate of drug-likeness (QED) is 0.381. The predicted octanol–water partition coefficient (Wildman–Crippen LogP) is 1.86. The number of halogens is 1. The Balaban J connectivity index is 0.00000364. The number of nitrogen functional groups attached to an aromatic ring is 1. The molecule has 0 aliphatic heterocycles. The number of hydrogen-bond acceptors (Lipinski definition) is 7. The molecule has 4 N–H and O–H groups in total. The van der Waals surface area contributed by atoms with Gasteiger partial charge in [0.25, 0.3) is 11.8 Å². The SMILES string of the molecule is C=C(NC(=O)c1csc(-c2ccc(N)cc2)n1)C(=O)NC(=C)C(=O)OC.Cl. The number of benzene rings is 1. The summed E-state index contributed by atoms with van der Waals surface area (Å²) in [6.45, 7) is 6.81. The van der Waals surface area contributed by atoms with Gasteiger partial charge in [0.15, 0.2) is 0 Å². The van der Waals surface area contributed by atoms with E-state index in [1.165, 1.54) is 11.3 Å². The molecule has 1 aromatic heterocycles. The molecule has 1 aromatic carbocycles. The van der Waals surface area contributed by atoms with Crippen molar-refractivity contribution in [3.63, 3.8) is 0 Å². The molecule has 0 saturated heterocycles. The Bertz CT molecular complexity index is 893. The van der Waals surface area contributed by atoms with Crippen LogP contribution in [0.25, 0.3) is 10.6 Å². The van der Waals surface area contributed by atoms with Crippen LogP contribution >= 0.6 is 23.7 Å². The molecule has 2 aromatic rings. The van der Waals surface area contributed by atoms with E-state index in [0.29, 0.717) is 10.7 Å². The van der Waals surface area contributed by atoms with Gasteiger partial charge in [-0.25, -0.2) is 9.78 Å². The first kappa shape index (κ1) is 21.9. The first-order valence-corrected chi connectivity index (χ1v) is 8.10. The molecule has 0 aliphatic rings. The standard InChI is InChI=1S/C17H16N4O4S.ClH/c1-9(14(22)20-10(2)17(24)25-3)19-15(23)13-8-26-16(21-13)11-4-6-12(18)7-5-11;/h4-8H,1-2,18H2,3H3,(H,19,23)(H,20,22);1H. The van der Waals surface area contributed by atoms with Gasteiger partial charge < -0.3 is 21.1 Å². The monoisotopic (exact) mass is 408 g/mol. The Morgan fingerprint density at radius 3 is 2.33 bits per heavy atom. The summed E-state index contributed by atoms with van der Waals surface area (Å²) >= 11 is 1.27. The Kier molecular flexibility index (Phi) is 7.70. The number of anilines is 1. The molecular formula is C17H17ClN4O4S. The highest BCUT2D eigenvalue weighted by Crippen LogP contribution is 2.24. The summed E-state index contributed by atoms with van der Waals surface area (Å²) < 4.78 is 4.41. The molecule has 0 saturated carbocycles. The first-order chi connectivity index (χ1) is 12.3. The minimum absolute atomic E-state index is 0. The maximum atomic E-state index is 12.2. The zero-order valence-electron chi connectivity index (χ0n) is 14.3. The number of nitrogens with two attached hydrogens (primary N) is 1. The number of hydrogen-bond donors (Lipinski definition) is 3. The molecule has 1 heterocycles. The maximum absolute atomic E-state index is 12.2. The van der Waals surface area contributed by atoms with E-state index in [2.05, 4.69) is 33.5 Å². The maximum Gasteiger partial charge on any atom is 0.353 e. The van der Waals surface area contributed by atoms with E-state index in [9.17, 15) is 14.4 Å². The second-order valence-corrected chi connectivity index (χ2v) is 5.87. The van der Waals surface area contributed by atoms with Crippen molar-refractivity contribution >= 4 is 47.2 Å². The van der Waals surface area contributed by atoms with Gasteiger partial charge in [0, 0.05) is 16.6 Å². The van der Waals surface area contributed by atoms with Crippen molar-refractivity contribution in [2.75, 3.05) is 12.8 Å². The number of aromatic nitrogens is 1. The summed E-state index contributed by atoms with van der Waals surface area (Å²) in [5.74, 6) is -2.19. The van der Waals surface area contributed by atoms with Gasteiger partial charge in [-0.15, -0.1) is 23.7 Å². The molecule has 0 bridgehead atoms. The molecule has 2 rings (SSSR count). The Morgan fingerprint density at radius 2 is 1.74 bits per heavy atom. The van der Waals surface area contributed by atoms with Crippen LogP contribution in [0.5, 0.6) is 0 Å². The number of carbonyl (C=O) groups is 3. The summed E-state index contributed by atoms with van der Waals surface area (Å²) in [6.07, 6.45) is 0. The van der Waals surface area contributed by atoms with E-state index in [4.69, 9.17) is 5.73 Å². The molecule has 8 nitrogen and oxygen atoms in total. The molecular weight excluding hydrogens is 392 g/mol. The van der Waals surface area contributed by atoms with E-state index >= 15 is 0 Å². The van der Waals surface area contributed by atoms with Crippen molar-refractivity contribution < 1.29 is 19.1 Å². The lowest BCUT2D eigenvalue weighted by atomic mass is 10.2. The highest BCUT2D eigenvalue weighted by Gasteiger charge is 2.18. The van der Waals surface area contributed by atoms with Gasteiger partial charge in [-0.1, -0.05) is 13.2 Å². The van der Waals surface area contributed by atoms with Gasteiger partial charge in [-0.2, -0.15) is 0 Å². The third-order valence-corrected chi connectivity index (χ3v) is 4.02. The number of esters is 1. The van der Waals surface area contributed by atoms with Gasteiger partial charge in [0.05, 0.1) is 12.8 Å². The van der Waals surface area contributed by atoms with Gasteiger partial charge in [-0.05, 0) is 24.3 Å². The van der Waals surface area contributed by atoms with Crippen LogP contribution < -0.4 is 16.4 Å². The molecule has 0 aliphatic carbocycles. The van der Waals surface area contributed by atoms with Crippen LogP contribution in [-0.2, 0) is 14.3 Å². The third-order valence-electron chi connectivity index (χ3n) is 3.13. The fourth-order valence-corrected chi connectivity index (χ4v) is 2.59. The molecule has 142 valence electrons. The second-order valence-electron chi connectivity index (χ2n) is 5.02. The molecule has 0 fully saturated rings. The number of nitrogens with one attached hydrogen (secondary N) is 2. The highest BCUT2D eigenvalue weighted by atomic mass is 35.5. The van der Waals surface area contributed by atoms with Crippen molar-refractivity contribution in [3.05, 3.63) is 59.9 Å². The van der Waals surface area contributed by atoms with E-state index in [1.807, 2.05) is 0 Å². The molecule has 2 amide bonds. The van der Waals surface area contributed by atoms with Crippen LogP contribution in [0.3, 0.4) is 0 Å². The van der Waals surface area contributed by atoms with E-state index in [1.54, 1.807) is 29.6 Å². The number of ether oxygens (including phenoxy) is 1. The smallest absolute Gasteiger partial charge is 0.353 e. The van der Waals surface area contributed by atoms with Crippen LogP contribution in [0, 0.1) is 0 Å². The first-order valence-electron chi connectivity index (χ1n) is 7.22. The van der Waals surface area contributed by atoms with Crippen molar-refractivity contribution in [1.82, 2.24) is 15.6 Å². The van der Waals surface area contributed by atoms with Crippen LogP contribution in [-0.4, -0.2) is 29.9 Å². The lowest BCUT2D eigenvalue weighted by Crippen LogP contribution is -2.35. The van der Waals surface area contributed by atoms with Crippen LogP contribution in [0.4, 0.5) is 5.69 Å². The molecule has 10 heteroatoms. The summed E-state index contributed by atoms with van der Waals surface area (Å²) in [4.78, 5) is 39.5. The van der Waals surface area contributed by atoms with Crippen LogP contribution in [0.2, 0.25) is 0 Å². The van der Waals surface area contributed by atoms with E-state index in [-0.39, 0.29) is 29.5 Å². The number of nitrogens with zero attached hydrogens (tertiary/aromatic N) is 1. The summed E-state index contributed by atoms with van der Waals surface area (Å²) in [5, 5.41) is 6.67. The molecule has 0 unspecified atom stereocenters.